The van der Waals surface area contributed by atoms with Gasteiger partial charge in [0.1, 0.15) is 11.2 Å². The summed E-state index contributed by atoms with van der Waals surface area (Å²) < 4.78 is 5.78. The van der Waals surface area contributed by atoms with E-state index in [1.807, 2.05) is 37.4 Å². The fraction of sp³-hybridized carbons (Fsp3) is 0.0769. The molecule has 0 fully saturated rings. The number of hydrogen-bond acceptors (Lipinski definition) is 3. The highest BCUT2D eigenvalue weighted by atomic mass is 32.1. The Morgan fingerprint density at radius 3 is 2.69 bits per heavy atom. The van der Waals surface area contributed by atoms with Crippen LogP contribution in [0, 0.1) is 0 Å². The van der Waals surface area contributed by atoms with E-state index in [1.165, 1.54) is 0 Å². The van der Waals surface area contributed by atoms with Crippen LogP contribution in [0.2, 0.25) is 0 Å². The summed E-state index contributed by atoms with van der Waals surface area (Å²) in [6.45, 7) is 0. The summed E-state index contributed by atoms with van der Waals surface area (Å²) in [6.07, 6.45) is 0. The summed E-state index contributed by atoms with van der Waals surface area (Å²) in [7, 11) is 1.90. The summed E-state index contributed by atoms with van der Waals surface area (Å²) in [4.78, 5) is 0.932. The fourth-order valence-corrected chi connectivity index (χ4v) is 2.36. The third-order valence-corrected chi connectivity index (χ3v) is 3.14. The highest BCUT2D eigenvalue weighted by molar-refractivity contribution is 7.80. The van der Waals surface area contributed by atoms with Crippen LogP contribution >= 0.6 is 12.6 Å². The number of fused-ring (bicyclic) bond motifs is 3. The van der Waals surface area contributed by atoms with Gasteiger partial charge in [0.25, 0.3) is 0 Å². The Hall–Kier alpha value is -1.61. The Balaban J connectivity index is 2.57. The van der Waals surface area contributed by atoms with Gasteiger partial charge in [0.15, 0.2) is 0 Å². The summed E-state index contributed by atoms with van der Waals surface area (Å²) in [5.74, 6) is 0. The quantitative estimate of drug-likeness (QED) is 0.618. The third kappa shape index (κ3) is 1.21. The molecule has 0 saturated carbocycles. The Morgan fingerprint density at radius 2 is 1.88 bits per heavy atom. The van der Waals surface area contributed by atoms with E-state index in [0.29, 0.717) is 0 Å². The molecule has 0 aliphatic carbocycles. The van der Waals surface area contributed by atoms with E-state index in [1.54, 1.807) is 0 Å². The SMILES string of the molecule is CNc1c(S)ccc2oc3ccccc3c12. The molecule has 16 heavy (non-hydrogen) atoms. The van der Waals surface area contributed by atoms with Crippen LogP contribution in [0.3, 0.4) is 0 Å². The lowest BCUT2D eigenvalue weighted by Crippen LogP contribution is -1.89. The lowest BCUT2D eigenvalue weighted by Gasteiger charge is -2.04. The van der Waals surface area contributed by atoms with Crippen molar-refractivity contribution in [3.63, 3.8) is 0 Å². The van der Waals surface area contributed by atoms with Crippen molar-refractivity contribution in [2.45, 2.75) is 4.90 Å². The number of hydrogen-bond donors (Lipinski definition) is 2. The standard InChI is InChI=1S/C13H11NOS/c1-14-13-11(16)7-6-10-12(13)8-4-2-3-5-9(8)15-10/h2-7,14,16H,1H3. The highest BCUT2D eigenvalue weighted by Gasteiger charge is 2.11. The van der Waals surface area contributed by atoms with E-state index in [9.17, 15) is 0 Å². The highest BCUT2D eigenvalue weighted by Crippen LogP contribution is 2.37. The van der Waals surface area contributed by atoms with Gasteiger partial charge in [-0.3, -0.25) is 0 Å². The van der Waals surface area contributed by atoms with E-state index in [4.69, 9.17) is 4.42 Å². The molecule has 1 aromatic heterocycles. The molecular weight excluding hydrogens is 218 g/mol. The van der Waals surface area contributed by atoms with Crippen LogP contribution in [0.4, 0.5) is 5.69 Å². The minimum atomic E-state index is 0.892. The number of nitrogens with one attached hydrogen (secondary N) is 1. The third-order valence-electron chi connectivity index (χ3n) is 2.77. The first-order valence-corrected chi connectivity index (χ1v) is 5.57. The van der Waals surface area contributed by atoms with Gasteiger partial charge in [0.05, 0.1) is 11.1 Å². The predicted octanol–water partition coefficient (Wildman–Crippen LogP) is 3.92. The topological polar surface area (TPSA) is 25.2 Å². The smallest absolute Gasteiger partial charge is 0.137 e. The first kappa shape index (κ1) is 9.60. The van der Waals surface area contributed by atoms with E-state index < -0.39 is 0 Å². The second-order valence-corrected chi connectivity index (χ2v) is 4.16. The van der Waals surface area contributed by atoms with Crippen molar-refractivity contribution in [2.75, 3.05) is 12.4 Å². The van der Waals surface area contributed by atoms with E-state index in [0.717, 1.165) is 32.5 Å². The van der Waals surface area contributed by atoms with Gasteiger partial charge in [-0.25, -0.2) is 0 Å². The average Bonchev–Trinajstić information content (AvgIpc) is 2.68. The zero-order chi connectivity index (χ0) is 11.1. The van der Waals surface area contributed by atoms with Gasteiger partial charge in [-0.05, 0) is 18.2 Å². The second-order valence-electron chi connectivity index (χ2n) is 3.68. The maximum atomic E-state index is 5.78. The van der Waals surface area contributed by atoms with Crippen molar-refractivity contribution in [3.05, 3.63) is 36.4 Å². The predicted molar refractivity (Wildman–Crippen MR) is 70.5 cm³/mol. The van der Waals surface area contributed by atoms with E-state index in [2.05, 4.69) is 24.0 Å². The van der Waals surface area contributed by atoms with Crippen LogP contribution in [0.15, 0.2) is 45.7 Å². The molecule has 0 amide bonds. The molecule has 0 aliphatic heterocycles. The molecule has 80 valence electrons. The average molecular weight is 229 g/mol. The van der Waals surface area contributed by atoms with Gasteiger partial charge in [-0.15, -0.1) is 12.6 Å². The van der Waals surface area contributed by atoms with Gasteiger partial charge < -0.3 is 9.73 Å². The molecule has 2 aromatic carbocycles. The van der Waals surface area contributed by atoms with E-state index in [-0.39, 0.29) is 0 Å². The summed E-state index contributed by atoms with van der Waals surface area (Å²) in [6, 6.07) is 11.9. The zero-order valence-corrected chi connectivity index (χ0v) is 9.71. The second kappa shape index (κ2) is 3.46. The Morgan fingerprint density at radius 1 is 1.06 bits per heavy atom. The molecular formula is C13H11NOS. The first-order chi connectivity index (χ1) is 7.81. The number of rotatable bonds is 1. The monoisotopic (exact) mass is 229 g/mol. The molecule has 0 aliphatic rings. The molecule has 0 saturated heterocycles. The molecule has 0 atom stereocenters. The minimum Gasteiger partial charge on any atom is -0.456 e. The normalized spacial score (nSPS) is 11.1. The number of furan rings is 1. The fourth-order valence-electron chi connectivity index (χ4n) is 2.06. The summed E-state index contributed by atoms with van der Waals surface area (Å²) in [5, 5.41) is 5.41. The van der Waals surface area contributed by atoms with Crippen LogP contribution < -0.4 is 5.32 Å². The number of anilines is 1. The molecule has 0 bridgehead atoms. The first-order valence-electron chi connectivity index (χ1n) is 5.12. The van der Waals surface area contributed by atoms with Gasteiger partial charge >= 0.3 is 0 Å². The van der Waals surface area contributed by atoms with E-state index >= 15 is 0 Å². The molecule has 1 heterocycles. The van der Waals surface area contributed by atoms with Crippen molar-refractivity contribution in [3.8, 4) is 0 Å². The van der Waals surface area contributed by atoms with Crippen molar-refractivity contribution < 1.29 is 4.42 Å². The molecule has 1 N–H and O–H groups in total. The Kier molecular flexibility index (Phi) is 2.07. The zero-order valence-electron chi connectivity index (χ0n) is 8.82. The van der Waals surface area contributed by atoms with Crippen LogP contribution in [0.25, 0.3) is 21.9 Å². The van der Waals surface area contributed by atoms with Crippen molar-refractivity contribution in [1.82, 2.24) is 0 Å². The van der Waals surface area contributed by atoms with Gasteiger partial charge in [-0.1, -0.05) is 18.2 Å². The Labute approximate surface area is 98.7 Å². The van der Waals surface area contributed by atoms with Crippen LogP contribution in [-0.4, -0.2) is 7.05 Å². The van der Waals surface area contributed by atoms with Crippen LogP contribution in [0.1, 0.15) is 0 Å². The molecule has 0 unspecified atom stereocenters. The lowest BCUT2D eigenvalue weighted by atomic mass is 10.1. The van der Waals surface area contributed by atoms with Crippen LogP contribution in [0.5, 0.6) is 0 Å². The lowest BCUT2D eigenvalue weighted by molar-refractivity contribution is 0.669. The minimum absolute atomic E-state index is 0.892. The maximum absolute atomic E-state index is 5.78. The van der Waals surface area contributed by atoms with Gasteiger partial charge in [0.2, 0.25) is 0 Å². The molecule has 0 radical (unpaired) electrons. The van der Waals surface area contributed by atoms with Crippen molar-refractivity contribution in [1.29, 1.82) is 0 Å². The number of benzene rings is 2. The van der Waals surface area contributed by atoms with Gasteiger partial charge in [-0.2, -0.15) is 0 Å². The summed E-state index contributed by atoms with van der Waals surface area (Å²) >= 11 is 4.45. The summed E-state index contributed by atoms with van der Waals surface area (Å²) in [5.41, 5.74) is 2.82. The molecule has 0 spiro atoms. The maximum Gasteiger partial charge on any atom is 0.137 e. The molecule has 2 nitrogen and oxygen atoms in total. The van der Waals surface area contributed by atoms with Crippen molar-refractivity contribution >= 4 is 40.3 Å². The molecule has 3 rings (SSSR count). The largest absolute Gasteiger partial charge is 0.456 e. The van der Waals surface area contributed by atoms with Crippen molar-refractivity contribution in [2.24, 2.45) is 0 Å². The number of thiol groups is 1. The van der Waals surface area contributed by atoms with Crippen LogP contribution in [-0.2, 0) is 0 Å². The Bertz CT molecular complexity index is 672. The van der Waals surface area contributed by atoms with Gasteiger partial charge in [0, 0.05) is 17.3 Å². The molecule has 3 aromatic rings. The number of para-hydroxylation sites is 1. The molecule has 3 heteroatoms.